The van der Waals surface area contributed by atoms with Crippen molar-refractivity contribution in [3.8, 4) is 0 Å². The molecule has 0 saturated carbocycles. The van der Waals surface area contributed by atoms with Gasteiger partial charge in [-0.2, -0.15) is 0 Å². The quantitative estimate of drug-likeness (QED) is 0.151. The Balaban J connectivity index is 2.96. The van der Waals surface area contributed by atoms with E-state index >= 15 is 0 Å². The van der Waals surface area contributed by atoms with E-state index in [4.69, 9.17) is 9.29 Å². The van der Waals surface area contributed by atoms with E-state index in [2.05, 4.69) is 0 Å². The summed E-state index contributed by atoms with van der Waals surface area (Å²) >= 11 is 0.509. The number of carboxylic acids is 1. The molecule has 0 unspecified atom stereocenters. The van der Waals surface area contributed by atoms with Gasteiger partial charge in [0.25, 0.3) is 5.69 Å². The lowest BCUT2D eigenvalue weighted by atomic mass is 10.2. The number of carboxylic acid groups (broad SMARTS) is 1. The van der Waals surface area contributed by atoms with Gasteiger partial charge in [0, 0.05) is 30.8 Å². The van der Waals surface area contributed by atoms with Gasteiger partial charge >= 0.3 is 23.8 Å². The van der Waals surface area contributed by atoms with Crippen LogP contribution in [-0.4, -0.2) is 39.4 Å². The summed E-state index contributed by atoms with van der Waals surface area (Å²) < 4.78 is 6.02. The van der Waals surface area contributed by atoms with Gasteiger partial charge in [-0.15, -0.1) is 4.18 Å². The number of nitrogens with zero attached hydrogens (tertiary/aromatic N) is 2. The summed E-state index contributed by atoms with van der Waals surface area (Å²) in [5, 5.41) is 19.3. The second-order valence-electron chi connectivity index (χ2n) is 4.50. The van der Waals surface area contributed by atoms with Gasteiger partial charge < -0.3 is 5.11 Å². The first kappa shape index (κ1) is 19.5. The van der Waals surface area contributed by atoms with E-state index in [1.165, 1.54) is 36.0 Å². The number of non-ortho nitro benzene ring substituents is 1. The van der Waals surface area contributed by atoms with Crippen LogP contribution in [0.15, 0.2) is 24.3 Å². The number of carbonyl (C=O) groups is 1. The van der Waals surface area contributed by atoms with E-state index in [9.17, 15) is 24.7 Å². The predicted molar refractivity (Wildman–Crippen MR) is 87.7 cm³/mol. The number of unbranched alkanes of at least 4 members (excludes halogenated alkanes) is 1. The molecule has 1 aromatic rings. The highest BCUT2D eigenvalue weighted by atomic mass is 32.5. The Morgan fingerprint density at radius 3 is 2.43 bits per heavy atom. The second-order valence-corrected chi connectivity index (χ2v) is 8.41. The van der Waals surface area contributed by atoms with Crippen LogP contribution in [-0.2, 0) is 20.2 Å². The molecule has 1 aromatic carbocycles. The number of anilines is 1. The van der Waals surface area contributed by atoms with Crippen LogP contribution >= 0.6 is 6.64 Å². The molecular weight excluding hydrogens is 347 g/mol. The summed E-state index contributed by atoms with van der Waals surface area (Å²) in [7, 11) is 1.30. The van der Waals surface area contributed by atoms with E-state index in [-0.39, 0.29) is 18.7 Å². The Morgan fingerprint density at radius 1 is 1.35 bits per heavy atom. The van der Waals surface area contributed by atoms with Crippen molar-refractivity contribution in [2.24, 2.45) is 0 Å². The van der Waals surface area contributed by atoms with Crippen molar-refractivity contribution >= 4 is 35.2 Å². The third-order valence-electron chi connectivity index (χ3n) is 2.86. The van der Waals surface area contributed by atoms with Crippen molar-refractivity contribution in [1.82, 2.24) is 0 Å². The zero-order valence-electron chi connectivity index (χ0n) is 12.4. The maximum Gasteiger partial charge on any atom is 0.523 e. The highest BCUT2D eigenvalue weighted by Gasteiger charge is 2.35. The van der Waals surface area contributed by atoms with Crippen molar-refractivity contribution < 1.29 is 28.8 Å². The van der Waals surface area contributed by atoms with Gasteiger partial charge in [0.15, 0.2) is 0 Å². The molecule has 0 aliphatic carbocycles. The molecule has 0 amide bonds. The first-order valence-electron chi connectivity index (χ1n) is 6.59. The van der Waals surface area contributed by atoms with Gasteiger partial charge in [0.2, 0.25) is 0 Å². The summed E-state index contributed by atoms with van der Waals surface area (Å²) in [5.74, 6) is -0.924. The molecule has 3 N–H and O–H groups in total. The maximum absolute atomic E-state index is 10.7. The molecule has 0 aliphatic heterocycles. The Hall–Kier alpha value is -1.58. The number of nitro groups is 1. The van der Waals surface area contributed by atoms with Crippen molar-refractivity contribution in [3.63, 3.8) is 0 Å². The van der Waals surface area contributed by atoms with Crippen LogP contribution in [0.5, 0.6) is 0 Å². The fraction of sp³-hybridized carbons (Fsp3) is 0.417. The normalized spacial score (nSPS) is 11.1. The predicted octanol–water partition coefficient (Wildman–Crippen LogP) is 1.96. The van der Waals surface area contributed by atoms with Gasteiger partial charge in [0.1, 0.15) is 7.11 Å². The molecule has 11 heteroatoms. The average molecular weight is 365 g/mol. The highest BCUT2D eigenvalue weighted by Crippen LogP contribution is 2.46. The van der Waals surface area contributed by atoms with Crippen LogP contribution < -0.4 is 4.67 Å². The largest absolute Gasteiger partial charge is 0.523 e. The molecule has 0 heterocycles. The van der Waals surface area contributed by atoms with Crippen molar-refractivity contribution in [3.05, 3.63) is 34.4 Å². The van der Waals surface area contributed by atoms with Gasteiger partial charge in [-0.1, -0.05) is 0 Å². The number of hydrogen-bond donors (Lipinski definition) is 3. The number of nitro benzene ring substituents is 1. The molecule has 128 valence electrons. The summed E-state index contributed by atoms with van der Waals surface area (Å²) in [6.45, 7) is -3.48. The number of hydrogen-bond acceptors (Lipinski definition) is 4. The Morgan fingerprint density at radius 2 is 1.96 bits per heavy atom. The molecule has 0 aliphatic rings. The molecule has 0 bridgehead atoms. The molecule has 0 saturated heterocycles. The summed E-state index contributed by atoms with van der Waals surface area (Å²) in [5.41, 5.74) is 0.271. The van der Waals surface area contributed by atoms with Crippen LogP contribution in [0.4, 0.5) is 11.4 Å². The van der Waals surface area contributed by atoms with E-state index < -0.39 is 17.5 Å². The maximum atomic E-state index is 10.7. The topological polar surface area (TPSA) is 133 Å². The molecule has 0 radical (unpaired) electrons. The average Bonchev–Trinajstić information content (AvgIpc) is 2.46. The molecular formula is C12H18N2O7PS+. The summed E-state index contributed by atoms with van der Waals surface area (Å²) in [4.78, 5) is 41.0. The van der Waals surface area contributed by atoms with Crippen molar-refractivity contribution in [2.45, 2.75) is 19.3 Å². The molecule has 0 spiro atoms. The molecule has 0 fully saturated rings. The summed E-state index contributed by atoms with van der Waals surface area (Å²) in [6, 6.07) is 5.34. The van der Waals surface area contributed by atoms with Crippen molar-refractivity contribution in [2.75, 3.05) is 18.3 Å². The van der Waals surface area contributed by atoms with Gasteiger partial charge in [0.05, 0.1) is 4.92 Å². The lowest BCUT2D eigenvalue weighted by Crippen LogP contribution is -2.21. The van der Waals surface area contributed by atoms with Crippen LogP contribution in [0.3, 0.4) is 0 Å². The molecule has 0 atom stereocenters. The lowest BCUT2D eigenvalue weighted by molar-refractivity contribution is -0.384. The SMILES string of the molecule is CO[S+]=P(O)(O)N(CCCCC(=O)O)c1ccc([N+](=O)[O-])cc1. The van der Waals surface area contributed by atoms with E-state index in [1.54, 1.807) is 0 Å². The Bertz CT molecular complexity index is 602. The standard InChI is InChI=1S/C12H17N2O7PS/c1-21-23-22(19,20)13(9-3-2-4-12(15)16)10-5-7-11(8-6-10)14(17)18/h5-8H,2-4,9H2,1H3,(H2-,15,16,19,20)/p+1. The minimum atomic E-state index is -3.67. The molecule has 1 rings (SSSR count). The smallest absolute Gasteiger partial charge is 0.481 e. The number of rotatable bonds is 9. The minimum Gasteiger partial charge on any atom is -0.481 e. The van der Waals surface area contributed by atoms with E-state index in [1.807, 2.05) is 0 Å². The monoisotopic (exact) mass is 365 g/mol. The number of aliphatic carboxylic acids is 1. The highest BCUT2D eigenvalue weighted by molar-refractivity contribution is 8.16. The summed E-state index contributed by atoms with van der Waals surface area (Å²) in [6.07, 6.45) is 0.765. The minimum absolute atomic E-state index is 0.0200. The first-order chi connectivity index (χ1) is 10.8. The van der Waals surface area contributed by atoms with Crippen LogP contribution in [0.1, 0.15) is 19.3 Å². The van der Waals surface area contributed by atoms with E-state index in [0.717, 1.165) is 0 Å². The molecule has 0 aromatic heterocycles. The van der Waals surface area contributed by atoms with Crippen LogP contribution in [0, 0.1) is 10.1 Å². The molecule has 9 nitrogen and oxygen atoms in total. The van der Waals surface area contributed by atoms with Gasteiger partial charge in [-0.25, -0.2) is 0 Å². The van der Waals surface area contributed by atoms with Gasteiger partial charge in [-0.05, 0) is 25.0 Å². The van der Waals surface area contributed by atoms with Crippen LogP contribution in [0.2, 0.25) is 0 Å². The van der Waals surface area contributed by atoms with Gasteiger partial charge in [-0.3, -0.25) is 29.4 Å². The molecule has 23 heavy (non-hydrogen) atoms. The third-order valence-corrected chi connectivity index (χ3v) is 5.91. The fourth-order valence-corrected chi connectivity index (χ4v) is 4.32. The van der Waals surface area contributed by atoms with Crippen molar-refractivity contribution in [1.29, 1.82) is 0 Å². The third kappa shape index (κ3) is 6.20. The lowest BCUT2D eigenvalue weighted by Gasteiger charge is -2.22. The van der Waals surface area contributed by atoms with Crippen LogP contribution in [0.25, 0.3) is 0 Å². The van der Waals surface area contributed by atoms with E-state index in [0.29, 0.717) is 29.7 Å². The first-order valence-corrected chi connectivity index (χ1v) is 9.58. The Labute approximate surface area is 136 Å². The second kappa shape index (κ2) is 8.90. The zero-order chi connectivity index (χ0) is 17.5. The Kier molecular flexibility index (Phi) is 7.53. The number of benzene rings is 1. The zero-order valence-corrected chi connectivity index (χ0v) is 14.1. The fourth-order valence-electron chi connectivity index (χ4n) is 1.83.